The van der Waals surface area contributed by atoms with E-state index in [-0.39, 0.29) is 11.8 Å². The first-order valence-electron chi connectivity index (χ1n) is 9.07. The Hall–Kier alpha value is -1.78. The van der Waals surface area contributed by atoms with Crippen LogP contribution in [0.1, 0.15) is 49.3 Å². The van der Waals surface area contributed by atoms with Gasteiger partial charge in [0.25, 0.3) is 0 Å². The van der Waals surface area contributed by atoms with Crippen molar-refractivity contribution < 1.29 is 4.74 Å². The summed E-state index contributed by atoms with van der Waals surface area (Å²) in [6.45, 7) is 0. The molecule has 4 heteroatoms. The van der Waals surface area contributed by atoms with Gasteiger partial charge in [0.15, 0.2) is 5.72 Å². The Labute approximate surface area is 156 Å². The topological polar surface area (TPSA) is 24.5 Å². The third-order valence-electron chi connectivity index (χ3n) is 5.59. The number of ether oxygens (including phenoxy) is 1. The number of hydrazine groups is 1. The van der Waals surface area contributed by atoms with Gasteiger partial charge in [0.2, 0.25) is 0 Å². The summed E-state index contributed by atoms with van der Waals surface area (Å²) >= 11 is 3.62. The summed E-state index contributed by atoms with van der Waals surface area (Å²) in [5, 5.41) is 2.36. The van der Waals surface area contributed by atoms with Gasteiger partial charge in [-0.25, -0.2) is 0 Å². The SMILES string of the molecule is Brc1ccc2c(c1)[C@@H]1C=C(c3ccccc3)NN1C1(CCCCC1)O2. The van der Waals surface area contributed by atoms with Crippen molar-refractivity contribution in [1.82, 2.24) is 10.4 Å². The van der Waals surface area contributed by atoms with E-state index in [1.165, 1.54) is 36.1 Å². The molecule has 1 spiro atoms. The maximum Gasteiger partial charge on any atom is 0.180 e. The second kappa shape index (κ2) is 5.89. The number of hydrogen-bond acceptors (Lipinski definition) is 3. The van der Waals surface area contributed by atoms with E-state index < -0.39 is 0 Å². The van der Waals surface area contributed by atoms with Crippen LogP contribution in [0.5, 0.6) is 5.75 Å². The number of nitrogens with zero attached hydrogens (tertiary/aromatic N) is 1. The summed E-state index contributed by atoms with van der Waals surface area (Å²) < 4.78 is 7.72. The second-order valence-corrected chi connectivity index (χ2v) is 8.08. The minimum absolute atomic E-state index is 0.203. The minimum atomic E-state index is -0.239. The Morgan fingerprint density at radius 2 is 1.84 bits per heavy atom. The van der Waals surface area contributed by atoms with Crippen LogP contribution in [0.15, 0.2) is 59.1 Å². The molecule has 1 fully saturated rings. The highest BCUT2D eigenvalue weighted by molar-refractivity contribution is 9.10. The molecule has 5 rings (SSSR count). The highest BCUT2D eigenvalue weighted by Crippen LogP contribution is 2.50. The predicted octanol–water partition coefficient (Wildman–Crippen LogP) is 5.40. The van der Waals surface area contributed by atoms with Crippen LogP contribution in [0.4, 0.5) is 0 Å². The van der Waals surface area contributed by atoms with E-state index in [4.69, 9.17) is 4.74 Å². The first-order valence-corrected chi connectivity index (χ1v) is 9.86. The summed E-state index contributed by atoms with van der Waals surface area (Å²) in [6.07, 6.45) is 8.23. The van der Waals surface area contributed by atoms with Crippen molar-refractivity contribution in [3.05, 3.63) is 70.2 Å². The van der Waals surface area contributed by atoms with Crippen molar-refractivity contribution in [2.75, 3.05) is 0 Å². The van der Waals surface area contributed by atoms with E-state index in [2.05, 4.69) is 81.0 Å². The zero-order valence-corrected chi connectivity index (χ0v) is 15.6. The zero-order chi connectivity index (χ0) is 16.9. The molecule has 2 aromatic rings. The van der Waals surface area contributed by atoms with Gasteiger partial charge >= 0.3 is 0 Å². The van der Waals surface area contributed by atoms with Crippen molar-refractivity contribution in [1.29, 1.82) is 0 Å². The van der Waals surface area contributed by atoms with E-state index in [9.17, 15) is 0 Å². The Bertz CT molecular complexity index is 827. The molecule has 3 aliphatic rings. The van der Waals surface area contributed by atoms with Gasteiger partial charge in [0, 0.05) is 22.9 Å². The van der Waals surface area contributed by atoms with Crippen LogP contribution in [0, 0.1) is 0 Å². The monoisotopic (exact) mass is 396 g/mol. The van der Waals surface area contributed by atoms with Crippen LogP contribution in [-0.4, -0.2) is 10.7 Å². The Balaban J connectivity index is 1.62. The van der Waals surface area contributed by atoms with Crippen molar-refractivity contribution in [3.8, 4) is 5.75 Å². The van der Waals surface area contributed by atoms with Gasteiger partial charge in [-0.3, -0.25) is 0 Å². The average molecular weight is 397 g/mol. The number of hydrogen-bond donors (Lipinski definition) is 1. The van der Waals surface area contributed by atoms with Crippen LogP contribution in [0.25, 0.3) is 5.70 Å². The van der Waals surface area contributed by atoms with Crippen molar-refractivity contribution >= 4 is 21.6 Å². The molecule has 2 aliphatic heterocycles. The van der Waals surface area contributed by atoms with E-state index >= 15 is 0 Å². The summed E-state index contributed by atoms with van der Waals surface area (Å²) in [7, 11) is 0. The third-order valence-corrected chi connectivity index (χ3v) is 6.09. The van der Waals surface area contributed by atoms with Crippen LogP contribution < -0.4 is 10.2 Å². The first-order chi connectivity index (χ1) is 12.3. The normalized spacial score (nSPS) is 24.0. The average Bonchev–Trinajstić information content (AvgIpc) is 3.11. The Kier molecular flexibility index (Phi) is 3.64. The highest BCUT2D eigenvalue weighted by Gasteiger charge is 2.50. The minimum Gasteiger partial charge on any atom is -0.471 e. The molecular weight excluding hydrogens is 376 g/mol. The molecule has 2 aromatic carbocycles. The molecule has 1 atom stereocenters. The molecule has 0 radical (unpaired) electrons. The lowest BCUT2D eigenvalue weighted by Crippen LogP contribution is -2.60. The molecule has 0 aromatic heterocycles. The Morgan fingerprint density at radius 1 is 1.04 bits per heavy atom. The van der Waals surface area contributed by atoms with Gasteiger partial charge in [-0.1, -0.05) is 52.7 Å². The summed E-state index contributed by atoms with van der Waals surface area (Å²) in [5.41, 5.74) is 7.07. The summed E-state index contributed by atoms with van der Waals surface area (Å²) in [4.78, 5) is 0. The largest absolute Gasteiger partial charge is 0.471 e. The van der Waals surface area contributed by atoms with Crippen molar-refractivity contribution in [2.45, 2.75) is 43.9 Å². The van der Waals surface area contributed by atoms with Gasteiger partial charge in [-0.2, -0.15) is 5.01 Å². The van der Waals surface area contributed by atoms with Crippen LogP contribution in [-0.2, 0) is 0 Å². The first kappa shape index (κ1) is 15.5. The van der Waals surface area contributed by atoms with Crippen molar-refractivity contribution in [3.63, 3.8) is 0 Å². The molecule has 0 unspecified atom stereocenters. The Morgan fingerprint density at radius 3 is 2.64 bits per heavy atom. The lowest BCUT2D eigenvalue weighted by atomic mass is 9.87. The molecule has 1 saturated carbocycles. The summed E-state index contributed by atoms with van der Waals surface area (Å²) in [5.74, 6) is 1.03. The lowest BCUT2D eigenvalue weighted by Gasteiger charge is -2.50. The van der Waals surface area contributed by atoms with E-state index in [1.54, 1.807) is 0 Å². The zero-order valence-electron chi connectivity index (χ0n) is 14.0. The van der Waals surface area contributed by atoms with E-state index in [0.29, 0.717) is 0 Å². The van der Waals surface area contributed by atoms with Crippen molar-refractivity contribution in [2.24, 2.45) is 0 Å². The molecule has 3 nitrogen and oxygen atoms in total. The molecule has 25 heavy (non-hydrogen) atoms. The molecular formula is C21H21BrN2O. The van der Waals surface area contributed by atoms with Gasteiger partial charge in [-0.05, 0) is 42.7 Å². The fourth-order valence-electron chi connectivity index (χ4n) is 4.38. The predicted molar refractivity (Wildman–Crippen MR) is 103 cm³/mol. The number of halogens is 1. The maximum absolute atomic E-state index is 6.62. The van der Waals surface area contributed by atoms with Gasteiger partial charge in [-0.15, -0.1) is 0 Å². The van der Waals surface area contributed by atoms with Crippen LogP contribution >= 0.6 is 15.9 Å². The summed E-state index contributed by atoms with van der Waals surface area (Å²) in [6, 6.07) is 17.1. The standard InChI is InChI=1S/C21H21BrN2O/c22-16-9-10-20-17(13-16)19-14-18(15-7-3-1-4-8-15)23-24(19)21(25-20)11-5-2-6-12-21/h1,3-4,7-10,13-14,19,23H,2,5-6,11-12H2/t19-/m0/s1. The maximum atomic E-state index is 6.62. The number of rotatable bonds is 1. The molecule has 0 bridgehead atoms. The molecule has 2 heterocycles. The second-order valence-electron chi connectivity index (χ2n) is 7.16. The molecule has 1 N–H and O–H groups in total. The van der Waals surface area contributed by atoms with E-state index in [1.807, 2.05) is 0 Å². The lowest BCUT2D eigenvalue weighted by molar-refractivity contribution is -0.150. The van der Waals surface area contributed by atoms with Crippen LogP contribution in [0.3, 0.4) is 0 Å². The van der Waals surface area contributed by atoms with Crippen LogP contribution in [0.2, 0.25) is 0 Å². The molecule has 0 saturated heterocycles. The number of nitrogens with one attached hydrogen (secondary N) is 1. The number of fused-ring (bicyclic) bond motifs is 4. The number of benzene rings is 2. The molecule has 128 valence electrons. The smallest absolute Gasteiger partial charge is 0.180 e. The fraction of sp³-hybridized carbons (Fsp3) is 0.333. The molecule has 1 aliphatic carbocycles. The molecule has 0 amide bonds. The van der Waals surface area contributed by atoms with Gasteiger partial charge < -0.3 is 10.2 Å². The highest BCUT2D eigenvalue weighted by atomic mass is 79.9. The fourth-order valence-corrected chi connectivity index (χ4v) is 4.75. The third kappa shape index (κ3) is 2.51. The van der Waals surface area contributed by atoms with Gasteiger partial charge in [0.1, 0.15) is 5.75 Å². The van der Waals surface area contributed by atoms with E-state index in [0.717, 1.165) is 23.1 Å². The quantitative estimate of drug-likeness (QED) is 0.697. The van der Waals surface area contributed by atoms with Gasteiger partial charge in [0.05, 0.1) is 11.7 Å².